The number of fused-ring (bicyclic) bond motifs is 1. The average molecular weight is 484 g/mol. The van der Waals surface area contributed by atoms with Crippen LogP contribution >= 0.6 is 0 Å². The van der Waals surface area contributed by atoms with E-state index in [1.807, 2.05) is 35.1 Å². The quantitative estimate of drug-likeness (QED) is 0.538. The van der Waals surface area contributed by atoms with E-state index in [0.29, 0.717) is 22.2 Å². The number of carbonyl (C=O) groups excluding carboxylic acids is 2. The molecule has 3 aromatic carbocycles. The zero-order valence-electron chi connectivity index (χ0n) is 18.1. The van der Waals surface area contributed by atoms with E-state index >= 15 is 4.39 Å². The molecule has 10 heteroatoms. The van der Waals surface area contributed by atoms with Crippen LogP contribution in [0.4, 0.5) is 10.1 Å². The standard InChI is InChI=1S/C24H22FN3O5S/c25-22-19-10-18(24(30)26-12-15-6-7-15)9-8-17(19)11-20(33-14-16-4-2-1-3-5-16)23(22)28-13-21(29)27-34(28,31)32/h1-5,8-11,15H,6-7,12-14H2,(H,26,30)(H,27,29). The predicted octanol–water partition coefficient (Wildman–Crippen LogP) is 2.88. The maximum Gasteiger partial charge on any atom is 0.326 e. The van der Waals surface area contributed by atoms with Gasteiger partial charge in [-0.05, 0) is 47.9 Å². The number of hydrogen-bond acceptors (Lipinski definition) is 5. The van der Waals surface area contributed by atoms with Gasteiger partial charge < -0.3 is 10.1 Å². The second-order valence-electron chi connectivity index (χ2n) is 8.44. The number of ether oxygens (including phenoxy) is 1. The topological polar surface area (TPSA) is 105 Å². The van der Waals surface area contributed by atoms with Crippen LogP contribution in [0.2, 0.25) is 0 Å². The molecule has 2 N–H and O–H groups in total. The third-order valence-electron chi connectivity index (χ3n) is 5.83. The number of anilines is 1. The number of halogens is 1. The molecule has 1 aliphatic heterocycles. The number of amides is 2. The highest BCUT2D eigenvalue weighted by Gasteiger charge is 2.38. The van der Waals surface area contributed by atoms with Crippen LogP contribution in [0.25, 0.3) is 10.8 Å². The number of carbonyl (C=O) groups is 2. The molecule has 0 radical (unpaired) electrons. The summed E-state index contributed by atoms with van der Waals surface area (Å²) in [5, 5.41) is 3.32. The normalized spacial score (nSPS) is 17.0. The van der Waals surface area contributed by atoms with Gasteiger partial charge in [0.2, 0.25) is 0 Å². The van der Waals surface area contributed by atoms with Crippen LogP contribution in [0, 0.1) is 11.7 Å². The molecule has 1 heterocycles. The van der Waals surface area contributed by atoms with Gasteiger partial charge in [-0.2, -0.15) is 8.42 Å². The summed E-state index contributed by atoms with van der Waals surface area (Å²) in [6, 6.07) is 15.2. The summed E-state index contributed by atoms with van der Waals surface area (Å²) in [5.74, 6) is -1.54. The van der Waals surface area contributed by atoms with Gasteiger partial charge in [0, 0.05) is 17.5 Å². The summed E-state index contributed by atoms with van der Waals surface area (Å²) in [6.45, 7) is 0.0559. The second-order valence-corrected chi connectivity index (χ2v) is 10.0. The van der Waals surface area contributed by atoms with Crippen molar-refractivity contribution in [1.82, 2.24) is 10.0 Å². The minimum atomic E-state index is -4.29. The molecular weight excluding hydrogens is 461 g/mol. The Balaban J connectivity index is 1.57. The number of benzene rings is 3. The van der Waals surface area contributed by atoms with Crippen molar-refractivity contribution >= 4 is 38.5 Å². The lowest BCUT2D eigenvalue weighted by molar-refractivity contribution is -0.117. The van der Waals surface area contributed by atoms with Crippen molar-refractivity contribution in [1.29, 1.82) is 0 Å². The van der Waals surface area contributed by atoms with Gasteiger partial charge in [-0.15, -0.1) is 0 Å². The van der Waals surface area contributed by atoms with Gasteiger partial charge in [0.1, 0.15) is 24.6 Å². The fourth-order valence-corrected chi connectivity index (χ4v) is 5.00. The van der Waals surface area contributed by atoms with Crippen LogP contribution in [0.15, 0.2) is 54.6 Å². The number of hydrogen-bond donors (Lipinski definition) is 2. The monoisotopic (exact) mass is 483 g/mol. The SMILES string of the molecule is O=C1CN(c2c(OCc3ccccc3)cc3ccc(C(=O)NCC4CC4)cc3c2F)S(=O)(=O)N1. The van der Waals surface area contributed by atoms with E-state index in [0.717, 1.165) is 18.4 Å². The van der Waals surface area contributed by atoms with Crippen LogP contribution in [-0.4, -0.2) is 33.3 Å². The van der Waals surface area contributed by atoms with Crippen molar-refractivity contribution in [2.45, 2.75) is 19.4 Å². The molecule has 3 aromatic rings. The molecule has 8 nitrogen and oxygen atoms in total. The molecule has 0 spiro atoms. The highest BCUT2D eigenvalue weighted by molar-refractivity contribution is 7.92. The van der Waals surface area contributed by atoms with E-state index in [1.165, 1.54) is 12.1 Å². The Morgan fingerprint density at radius 3 is 2.59 bits per heavy atom. The average Bonchev–Trinajstić information content (AvgIpc) is 3.60. The first kappa shape index (κ1) is 22.1. The van der Waals surface area contributed by atoms with Crippen molar-refractivity contribution in [3.05, 3.63) is 71.5 Å². The molecule has 2 amide bonds. The Kier molecular flexibility index (Phi) is 5.60. The van der Waals surface area contributed by atoms with Crippen molar-refractivity contribution in [2.75, 3.05) is 17.4 Å². The predicted molar refractivity (Wildman–Crippen MR) is 124 cm³/mol. The Bertz CT molecular complexity index is 1390. The van der Waals surface area contributed by atoms with Crippen molar-refractivity contribution in [3.8, 4) is 5.75 Å². The summed E-state index contributed by atoms with van der Waals surface area (Å²) in [4.78, 5) is 24.4. The third kappa shape index (κ3) is 4.41. The zero-order valence-corrected chi connectivity index (χ0v) is 18.9. The number of nitrogens with one attached hydrogen (secondary N) is 2. The molecule has 1 aliphatic carbocycles. The summed E-state index contributed by atoms with van der Waals surface area (Å²) in [5.41, 5.74) is 0.682. The molecule has 1 saturated heterocycles. The van der Waals surface area contributed by atoms with Crippen molar-refractivity contribution in [3.63, 3.8) is 0 Å². The van der Waals surface area contributed by atoms with E-state index in [-0.39, 0.29) is 34.9 Å². The highest BCUT2D eigenvalue weighted by atomic mass is 32.2. The molecule has 0 aromatic heterocycles. The van der Waals surface area contributed by atoms with Crippen molar-refractivity contribution < 1.29 is 27.1 Å². The first-order valence-corrected chi connectivity index (χ1v) is 12.3. The molecule has 1 saturated carbocycles. The lowest BCUT2D eigenvalue weighted by atomic mass is 10.0. The Morgan fingerprint density at radius 1 is 1.15 bits per heavy atom. The van der Waals surface area contributed by atoms with Crippen LogP contribution in [0.3, 0.4) is 0 Å². The van der Waals surface area contributed by atoms with Gasteiger partial charge in [0.15, 0.2) is 5.82 Å². The molecule has 176 valence electrons. The van der Waals surface area contributed by atoms with Gasteiger partial charge in [-0.1, -0.05) is 36.4 Å². The Labute approximate surface area is 195 Å². The Morgan fingerprint density at radius 2 is 1.91 bits per heavy atom. The number of nitrogens with zero attached hydrogens (tertiary/aromatic N) is 1. The van der Waals surface area contributed by atoms with E-state index in [1.54, 1.807) is 12.1 Å². The zero-order chi connectivity index (χ0) is 23.9. The first-order valence-electron chi connectivity index (χ1n) is 10.9. The van der Waals surface area contributed by atoms with Gasteiger partial charge in [0.05, 0.1) is 0 Å². The second kappa shape index (κ2) is 8.60. The van der Waals surface area contributed by atoms with Crippen molar-refractivity contribution in [2.24, 2.45) is 5.92 Å². The van der Waals surface area contributed by atoms with Gasteiger partial charge in [-0.3, -0.25) is 9.59 Å². The fourth-order valence-electron chi connectivity index (χ4n) is 3.84. The molecule has 0 unspecified atom stereocenters. The molecule has 2 fully saturated rings. The highest BCUT2D eigenvalue weighted by Crippen LogP contribution is 2.40. The molecule has 5 rings (SSSR count). The third-order valence-corrected chi connectivity index (χ3v) is 7.21. The summed E-state index contributed by atoms with van der Waals surface area (Å²) in [6.07, 6.45) is 2.16. The molecule has 0 bridgehead atoms. The molecule has 34 heavy (non-hydrogen) atoms. The van der Waals surface area contributed by atoms with E-state index in [4.69, 9.17) is 4.74 Å². The van der Waals surface area contributed by atoms with E-state index < -0.39 is 28.5 Å². The summed E-state index contributed by atoms with van der Waals surface area (Å²) >= 11 is 0. The van der Waals surface area contributed by atoms with Crippen LogP contribution < -0.4 is 19.1 Å². The van der Waals surface area contributed by atoms with Crippen LogP contribution in [0.5, 0.6) is 5.75 Å². The minimum absolute atomic E-state index is 0.0279. The largest absolute Gasteiger partial charge is 0.487 e. The molecular formula is C24H22FN3O5S. The fraction of sp³-hybridized carbons (Fsp3) is 0.250. The van der Waals surface area contributed by atoms with E-state index in [9.17, 15) is 18.0 Å². The minimum Gasteiger partial charge on any atom is -0.487 e. The number of rotatable bonds is 7. The maximum absolute atomic E-state index is 15.9. The Hall–Kier alpha value is -3.66. The van der Waals surface area contributed by atoms with Gasteiger partial charge in [0.25, 0.3) is 11.8 Å². The molecule has 2 aliphatic rings. The first-order chi connectivity index (χ1) is 16.3. The van der Waals surface area contributed by atoms with Gasteiger partial charge >= 0.3 is 10.2 Å². The molecule has 0 atom stereocenters. The lowest BCUT2D eigenvalue weighted by Crippen LogP contribution is -2.30. The maximum atomic E-state index is 15.9. The smallest absolute Gasteiger partial charge is 0.326 e. The summed E-state index contributed by atoms with van der Waals surface area (Å²) in [7, 11) is -4.29. The van der Waals surface area contributed by atoms with E-state index in [2.05, 4.69) is 5.32 Å². The van der Waals surface area contributed by atoms with Gasteiger partial charge in [-0.25, -0.2) is 13.4 Å². The summed E-state index contributed by atoms with van der Waals surface area (Å²) < 4.78 is 49.3. The van der Waals surface area contributed by atoms with Crippen LogP contribution in [0.1, 0.15) is 28.8 Å². The lowest BCUT2D eigenvalue weighted by Gasteiger charge is -2.21. The van der Waals surface area contributed by atoms with Crippen LogP contribution in [-0.2, 0) is 21.6 Å².